The van der Waals surface area contributed by atoms with Gasteiger partial charge >= 0.3 is 5.97 Å². The molecule has 4 rings (SSSR count). The normalized spacial score (nSPS) is 21.1. The molecule has 232 valence electrons. The number of hydrogen-bond donors (Lipinski definition) is 0. The summed E-state index contributed by atoms with van der Waals surface area (Å²) in [7, 11) is 0. The summed E-state index contributed by atoms with van der Waals surface area (Å²) in [5, 5.41) is 0. The fourth-order valence-corrected chi connectivity index (χ4v) is 8.40. The molecular weight excluding hydrogens is 512 g/mol. The van der Waals surface area contributed by atoms with E-state index in [0.29, 0.717) is 23.5 Å². The van der Waals surface area contributed by atoms with Gasteiger partial charge in [-0.3, -0.25) is 4.79 Å². The Kier molecular flexibility index (Phi) is 13.0. The van der Waals surface area contributed by atoms with E-state index in [1.165, 1.54) is 125 Å². The smallest absolute Gasteiger partial charge is 0.311 e. The van der Waals surface area contributed by atoms with Gasteiger partial charge in [-0.15, -0.1) is 0 Å². The van der Waals surface area contributed by atoms with Crippen molar-refractivity contribution in [3.05, 3.63) is 53.6 Å². The predicted octanol–water partition coefficient (Wildman–Crippen LogP) is 12.4. The van der Waals surface area contributed by atoms with Crippen molar-refractivity contribution in [1.82, 2.24) is 0 Å². The minimum Gasteiger partial charge on any atom is -0.427 e. The lowest BCUT2D eigenvalue weighted by Crippen LogP contribution is -2.36. The summed E-state index contributed by atoms with van der Waals surface area (Å²) in [6, 6.07) is 15.2. The van der Waals surface area contributed by atoms with Crippen LogP contribution in [0.3, 0.4) is 0 Å². The average molecular weight is 573 g/mol. The van der Waals surface area contributed by atoms with Crippen LogP contribution in [0.15, 0.2) is 42.5 Å². The van der Waals surface area contributed by atoms with Crippen molar-refractivity contribution in [2.24, 2.45) is 17.3 Å². The Hall–Kier alpha value is -2.09. The third-order valence-corrected chi connectivity index (χ3v) is 11.1. The van der Waals surface area contributed by atoms with Gasteiger partial charge in [0, 0.05) is 6.42 Å². The molecule has 2 aromatic rings. The van der Waals surface area contributed by atoms with E-state index in [1.54, 1.807) is 0 Å². The SMILES string of the molecule is CCCCCCCC(=O)Oc1ccc(-c2ccc(C(C)[C@H]3CC[C@H](C4(CCCCC)CCCCC4)CC3)cc2C)cc1. The first kappa shape index (κ1) is 32.8. The number of carbonyl (C=O) groups excluding carboxylic acids is 1. The Balaban J connectivity index is 1.30. The molecule has 0 saturated heterocycles. The summed E-state index contributed by atoms with van der Waals surface area (Å²) in [5.41, 5.74) is 5.96. The fraction of sp³-hybridized carbons (Fsp3) is 0.675. The molecule has 2 aliphatic rings. The van der Waals surface area contributed by atoms with Crippen LogP contribution in [0.5, 0.6) is 5.75 Å². The van der Waals surface area contributed by atoms with Gasteiger partial charge in [0.25, 0.3) is 0 Å². The Labute approximate surface area is 258 Å². The number of ether oxygens (including phenoxy) is 1. The quantitative estimate of drug-likeness (QED) is 0.120. The van der Waals surface area contributed by atoms with Gasteiger partial charge in [0.15, 0.2) is 0 Å². The first-order valence-electron chi connectivity index (χ1n) is 17.9. The van der Waals surface area contributed by atoms with Crippen LogP contribution < -0.4 is 4.74 Å². The predicted molar refractivity (Wildman–Crippen MR) is 179 cm³/mol. The number of unbranched alkanes of at least 4 members (excludes halogenated alkanes) is 6. The first-order chi connectivity index (χ1) is 20.5. The molecule has 2 nitrogen and oxygen atoms in total. The molecule has 0 aromatic heterocycles. The summed E-state index contributed by atoms with van der Waals surface area (Å²) in [6.07, 6.45) is 25.0. The lowest BCUT2D eigenvalue weighted by molar-refractivity contribution is -0.134. The van der Waals surface area contributed by atoms with Crippen LogP contribution in [0.1, 0.15) is 160 Å². The molecule has 0 heterocycles. The molecular formula is C40H60O2. The van der Waals surface area contributed by atoms with Crippen LogP contribution in [-0.4, -0.2) is 5.97 Å². The Morgan fingerprint density at radius 2 is 1.50 bits per heavy atom. The molecule has 1 unspecified atom stereocenters. The molecule has 1 atom stereocenters. The van der Waals surface area contributed by atoms with Gasteiger partial charge in [-0.05, 0) is 116 Å². The molecule has 2 heteroatoms. The van der Waals surface area contributed by atoms with E-state index in [4.69, 9.17) is 4.74 Å². The monoisotopic (exact) mass is 572 g/mol. The summed E-state index contributed by atoms with van der Waals surface area (Å²) >= 11 is 0. The van der Waals surface area contributed by atoms with E-state index in [9.17, 15) is 4.79 Å². The van der Waals surface area contributed by atoms with Crippen LogP contribution in [0, 0.1) is 24.2 Å². The zero-order valence-corrected chi connectivity index (χ0v) is 27.5. The summed E-state index contributed by atoms with van der Waals surface area (Å²) in [5.74, 6) is 2.92. The van der Waals surface area contributed by atoms with Gasteiger partial charge in [-0.1, -0.05) is 115 Å². The Bertz CT molecular complexity index is 1070. The van der Waals surface area contributed by atoms with Crippen molar-refractivity contribution in [3.63, 3.8) is 0 Å². The number of rotatable bonds is 15. The van der Waals surface area contributed by atoms with Crippen molar-refractivity contribution in [3.8, 4) is 16.9 Å². The van der Waals surface area contributed by atoms with Crippen LogP contribution in [-0.2, 0) is 4.79 Å². The van der Waals surface area contributed by atoms with Crippen molar-refractivity contribution in [2.75, 3.05) is 0 Å². The molecule has 2 fully saturated rings. The van der Waals surface area contributed by atoms with E-state index >= 15 is 0 Å². The highest BCUT2D eigenvalue weighted by atomic mass is 16.5. The molecule has 2 aromatic carbocycles. The highest BCUT2D eigenvalue weighted by molar-refractivity contribution is 5.73. The number of aryl methyl sites for hydroxylation is 1. The zero-order valence-electron chi connectivity index (χ0n) is 27.5. The van der Waals surface area contributed by atoms with Crippen molar-refractivity contribution in [2.45, 2.75) is 156 Å². The molecule has 0 amide bonds. The highest BCUT2D eigenvalue weighted by Crippen LogP contribution is 2.53. The number of esters is 1. The lowest BCUT2D eigenvalue weighted by atomic mass is 9.58. The molecule has 42 heavy (non-hydrogen) atoms. The van der Waals surface area contributed by atoms with Crippen LogP contribution in [0.25, 0.3) is 11.1 Å². The summed E-state index contributed by atoms with van der Waals surface area (Å²) in [6.45, 7) is 9.28. The highest BCUT2D eigenvalue weighted by Gasteiger charge is 2.41. The van der Waals surface area contributed by atoms with Crippen molar-refractivity contribution >= 4 is 5.97 Å². The molecule has 2 saturated carbocycles. The Morgan fingerprint density at radius 3 is 2.17 bits per heavy atom. The maximum Gasteiger partial charge on any atom is 0.311 e. The van der Waals surface area contributed by atoms with E-state index in [2.05, 4.69) is 58.0 Å². The third kappa shape index (κ3) is 8.96. The lowest BCUT2D eigenvalue weighted by Gasteiger charge is -2.47. The van der Waals surface area contributed by atoms with Gasteiger partial charge in [-0.25, -0.2) is 0 Å². The first-order valence-corrected chi connectivity index (χ1v) is 17.9. The van der Waals surface area contributed by atoms with Gasteiger partial charge in [0.1, 0.15) is 5.75 Å². The molecule has 2 aliphatic carbocycles. The minimum absolute atomic E-state index is 0.117. The minimum atomic E-state index is -0.117. The number of benzene rings is 2. The van der Waals surface area contributed by atoms with Crippen LogP contribution in [0.2, 0.25) is 0 Å². The molecule has 0 bridgehead atoms. The topological polar surface area (TPSA) is 26.3 Å². The largest absolute Gasteiger partial charge is 0.427 e. The van der Waals surface area contributed by atoms with Crippen LogP contribution >= 0.6 is 0 Å². The molecule has 0 aliphatic heterocycles. The summed E-state index contributed by atoms with van der Waals surface area (Å²) < 4.78 is 5.60. The molecule has 0 spiro atoms. The van der Waals surface area contributed by atoms with Gasteiger partial charge in [0.05, 0.1) is 0 Å². The maximum absolute atomic E-state index is 12.2. The second-order valence-corrected chi connectivity index (χ2v) is 14.0. The van der Waals surface area contributed by atoms with Crippen molar-refractivity contribution in [1.29, 1.82) is 0 Å². The third-order valence-electron chi connectivity index (χ3n) is 11.1. The molecule has 0 radical (unpaired) electrons. The number of carbonyl (C=O) groups is 1. The number of hydrogen-bond acceptors (Lipinski definition) is 2. The van der Waals surface area contributed by atoms with Crippen LogP contribution in [0.4, 0.5) is 0 Å². The Morgan fingerprint density at radius 1 is 0.833 bits per heavy atom. The van der Waals surface area contributed by atoms with Crippen molar-refractivity contribution < 1.29 is 9.53 Å². The molecule has 0 N–H and O–H groups in total. The van der Waals surface area contributed by atoms with Gasteiger partial charge < -0.3 is 4.74 Å². The second kappa shape index (κ2) is 16.7. The fourth-order valence-electron chi connectivity index (χ4n) is 8.40. The van der Waals surface area contributed by atoms with E-state index < -0.39 is 0 Å². The maximum atomic E-state index is 12.2. The van der Waals surface area contributed by atoms with Gasteiger partial charge in [0.2, 0.25) is 0 Å². The average Bonchev–Trinajstić information content (AvgIpc) is 3.02. The van der Waals surface area contributed by atoms with E-state index in [0.717, 1.165) is 24.7 Å². The second-order valence-electron chi connectivity index (χ2n) is 14.0. The standard InChI is InChI=1S/C40H60O2/c1-5-7-9-10-12-16-39(41)42-37-24-19-34(20-25-37)38-26-21-35(30-31(38)3)32(4)33-17-22-36(23-18-33)40(27-13-8-6-2)28-14-11-15-29-40/h19-21,24-26,30,32-33,36H,5-18,22-23,27-29H2,1-4H3/t32?,33-,36-. The van der Waals surface area contributed by atoms with Gasteiger partial charge in [-0.2, -0.15) is 0 Å². The zero-order chi connectivity index (χ0) is 29.8. The van der Waals surface area contributed by atoms with E-state index in [1.807, 2.05) is 12.1 Å². The van der Waals surface area contributed by atoms with E-state index in [-0.39, 0.29) is 5.97 Å². The summed E-state index contributed by atoms with van der Waals surface area (Å²) in [4.78, 5) is 12.2.